The molecule has 2 amide bonds. The number of benzene rings is 1. The molecule has 3 rings (SSSR count). The molecule has 0 bridgehead atoms. The zero-order valence-electron chi connectivity index (χ0n) is 17.0. The molecular weight excluding hydrogens is 423 g/mol. The van der Waals surface area contributed by atoms with Gasteiger partial charge in [-0.15, -0.1) is 0 Å². The first-order valence-electron chi connectivity index (χ1n) is 10.1. The molecule has 166 valence electrons. The van der Waals surface area contributed by atoms with E-state index in [1.54, 1.807) is 18.5 Å². The van der Waals surface area contributed by atoms with Crippen molar-refractivity contribution < 1.29 is 22.4 Å². The van der Waals surface area contributed by atoms with E-state index in [2.05, 4.69) is 15.6 Å². The van der Waals surface area contributed by atoms with Crippen LogP contribution in [-0.4, -0.2) is 49.2 Å². The second-order valence-electron chi connectivity index (χ2n) is 7.34. The molecule has 0 spiro atoms. The SMILES string of the molecule is O=C(CCNC(=O)[C@H]1CCCN(S(=O)(=O)c2ccc(F)cc2)C1)NCc1cccnc1. The van der Waals surface area contributed by atoms with Crippen LogP contribution in [0, 0.1) is 11.7 Å². The number of carbonyl (C=O) groups excluding carboxylic acids is 2. The lowest BCUT2D eigenvalue weighted by Crippen LogP contribution is -2.45. The second kappa shape index (κ2) is 10.5. The van der Waals surface area contributed by atoms with Crippen LogP contribution in [0.2, 0.25) is 0 Å². The lowest BCUT2D eigenvalue weighted by atomic mass is 9.99. The molecule has 0 aliphatic carbocycles. The number of hydrogen-bond acceptors (Lipinski definition) is 5. The van der Waals surface area contributed by atoms with Gasteiger partial charge >= 0.3 is 0 Å². The van der Waals surface area contributed by atoms with Gasteiger partial charge in [-0.25, -0.2) is 12.8 Å². The van der Waals surface area contributed by atoms with Crippen LogP contribution in [0.5, 0.6) is 0 Å². The van der Waals surface area contributed by atoms with Crippen LogP contribution >= 0.6 is 0 Å². The first-order chi connectivity index (χ1) is 14.9. The Labute approximate surface area is 180 Å². The second-order valence-corrected chi connectivity index (χ2v) is 9.27. The molecule has 0 unspecified atom stereocenters. The normalized spacial score (nSPS) is 17.1. The molecule has 1 aliphatic heterocycles. The van der Waals surface area contributed by atoms with Gasteiger partial charge in [0, 0.05) is 45.0 Å². The summed E-state index contributed by atoms with van der Waals surface area (Å²) in [6.45, 7) is 0.886. The van der Waals surface area contributed by atoms with Gasteiger partial charge in [0.2, 0.25) is 21.8 Å². The summed E-state index contributed by atoms with van der Waals surface area (Å²) in [5.74, 6) is -1.49. The first-order valence-corrected chi connectivity index (χ1v) is 11.5. The molecule has 1 atom stereocenters. The Morgan fingerprint density at radius 1 is 1.16 bits per heavy atom. The molecule has 31 heavy (non-hydrogen) atoms. The van der Waals surface area contributed by atoms with Gasteiger partial charge < -0.3 is 10.6 Å². The quantitative estimate of drug-likeness (QED) is 0.635. The van der Waals surface area contributed by atoms with Crippen LogP contribution in [0.25, 0.3) is 0 Å². The third-order valence-electron chi connectivity index (χ3n) is 5.07. The first kappa shape index (κ1) is 22.8. The summed E-state index contributed by atoms with van der Waals surface area (Å²) in [4.78, 5) is 28.4. The van der Waals surface area contributed by atoms with Gasteiger partial charge in [-0.3, -0.25) is 14.6 Å². The monoisotopic (exact) mass is 448 g/mol. The van der Waals surface area contributed by atoms with Crippen molar-refractivity contribution in [1.29, 1.82) is 0 Å². The van der Waals surface area contributed by atoms with Crippen LogP contribution < -0.4 is 10.6 Å². The van der Waals surface area contributed by atoms with E-state index in [4.69, 9.17) is 0 Å². The number of sulfonamides is 1. The van der Waals surface area contributed by atoms with E-state index in [9.17, 15) is 22.4 Å². The number of halogens is 1. The van der Waals surface area contributed by atoms with Crippen molar-refractivity contribution in [3.63, 3.8) is 0 Å². The Morgan fingerprint density at radius 3 is 2.65 bits per heavy atom. The number of amides is 2. The summed E-state index contributed by atoms with van der Waals surface area (Å²) >= 11 is 0. The van der Waals surface area contributed by atoms with Gasteiger partial charge in [0.05, 0.1) is 10.8 Å². The van der Waals surface area contributed by atoms with E-state index in [1.807, 2.05) is 6.07 Å². The van der Waals surface area contributed by atoms with Crippen LogP contribution in [0.15, 0.2) is 53.7 Å². The Kier molecular flexibility index (Phi) is 7.69. The fraction of sp³-hybridized carbons (Fsp3) is 0.381. The molecule has 0 saturated carbocycles. The number of nitrogens with zero attached hydrogens (tertiary/aromatic N) is 2. The lowest BCUT2D eigenvalue weighted by molar-refractivity contribution is -0.126. The third kappa shape index (κ3) is 6.31. The Balaban J connectivity index is 1.46. The van der Waals surface area contributed by atoms with Crippen molar-refractivity contribution in [1.82, 2.24) is 19.9 Å². The van der Waals surface area contributed by atoms with Crippen molar-refractivity contribution in [2.45, 2.75) is 30.7 Å². The molecule has 1 saturated heterocycles. The highest BCUT2D eigenvalue weighted by Crippen LogP contribution is 2.24. The van der Waals surface area contributed by atoms with Gasteiger partial charge in [-0.1, -0.05) is 6.07 Å². The lowest BCUT2D eigenvalue weighted by Gasteiger charge is -2.31. The summed E-state index contributed by atoms with van der Waals surface area (Å²) < 4.78 is 39.9. The number of pyridine rings is 1. The number of carbonyl (C=O) groups is 2. The maximum absolute atomic E-state index is 13.1. The predicted molar refractivity (Wildman–Crippen MR) is 112 cm³/mol. The maximum Gasteiger partial charge on any atom is 0.243 e. The van der Waals surface area contributed by atoms with Crippen molar-refractivity contribution in [2.24, 2.45) is 5.92 Å². The Bertz CT molecular complexity index is 1000. The molecule has 2 aromatic rings. The van der Waals surface area contributed by atoms with Gasteiger partial charge in [0.15, 0.2) is 0 Å². The van der Waals surface area contributed by atoms with Gasteiger partial charge in [-0.05, 0) is 48.7 Å². The fourth-order valence-corrected chi connectivity index (χ4v) is 4.89. The Hall–Kier alpha value is -2.85. The molecule has 1 fully saturated rings. The van der Waals surface area contributed by atoms with Gasteiger partial charge in [0.25, 0.3) is 0 Å². The molecule has 2 heterocycles. The number of aromatic nitrogens is 1. The van der Waals surface area contributed by atoms with Crippen LogP contribution in [-0.2, 0) is 26.2 Å². The maximum atomic E-state index is 13.1. The van der Waals surface area contributed by atoms with E-state index in [-0.39, 0.29) is 36.2 Å². The van der Waals surface area contributed by atoms with Crippen LogP contribution in [0.1, 0.15) is 24.8 Å². The highest BCUT2D eigenvalue weighted by Gasteiger charge is 2.33. The largest absolute Gasteiger partial charge is 0.355 e. The Morgan fingerprint density at radius 2 is 1.94 bits per heavy atom. The van der Waals surface area contributed by atoms with Crippen molar-refractivity contribution in [2.75, 3.05) is 19.6 Å². The molecule has 1 aromatic carbocycles. The van der Waals surface area contributed by atoms with Gasteiger partial charge in [0.1, 0.15) is 5.82 Å². The van der Waals surface area contributed by atoms with Crippen LogP contribution in [0.3, 0.4) is 0 Å². The summed E-state index contributed by atoms with van der Waals surface area (Å²) in [6, 6.07) is 8.27. The third-order valence-corrected chi connectivity index (χ3v) is 6.95. The molecule has 1 aliphatic rings. The van der Waals surface area contributed by atoms with Crippen LogP contribution in [0.4, 0.5) is 4.39 Å². The zero-order chi connectivity index (χ0) is 22.3. The smallest absolute Gasteiger partial charge is 0.243 e. The zero-order valence-corrected chi connectivity index (χ0v) is 17.8. The van der Waals surface area contributed by atoms with Crippen molar-refractivity contribution >= 4 is 21.8 Å². The summed E-state index contributed by atoms with van der Waals surface area (Å²) in [5, 5.41) is 5.47. The average molecular weight is 449 g/mol. The molecule has 1 aromatic heterocycles. The fourth-order valence-electron chi connectivity index (χ4n) is 3.37. The standard InChI is InChI=1S/C21H25FN4O4S/c22-18-5-7-19(8-6-18)31(29,30)26-12-2-4-17(15-26)21(28)24-11-9-20(27)25-14-16-3-1-10-23-13-16/h1,3,5-8,10,13,17H,2,4,9,11-12,14-15H2,(H,24,28)(H,25,27)/t17-/m0/s1. The summed E-state index contributed by atoms with van der Waals surface area (Å²) in [7, 11) is -3.80. The van der Waals surface area contributed by atoms with E-state index >= 15 is 0 Å². The number of rotatable bonds is 8. The molecule has 2 N–H and O–H groups in total. The van der Waals surface area contributed by atoms with Crippen molar-refractivity contribution in [3.8, 4) is 0 Å². The van der Waals surface area contributed by atoms with Gasteiger partial charge in [-0.2, -0.15) is 4.31 Å². The highest BCUT2D eigenvalue weighted by molar-refractivity contribution is 7.89. The minimum atomic E-state index is -3.80. The summed E-state index contributed by atoms with van der Waals surface area (Å²) in [6.07, 6.45) is 4.55. The number of hydrogen-bond donors (Lipinski definition) is 2. The minimum absolute atomic E-state index is 0.000227. The number of piperidine rings is 1. The summed E-state index contributed by atoms with van der Waals surface area (Å²) in [5.41, 5.74) is 0.879. The topological polar surface area (TPSA) is 108 Å². The van der Waals surface area contributed by atoms with E-state index in [0.29, 0.717) is 25.9 Å². The molecular formula is C21H25FN4O4S. The molecule has 8 nitrogen and oxygen atoms in total. The van der Waals surface area contributed by atoms with E-state index in [1.165, 1.54) is 16.4 Å². The number of nitrogens with one attached hydrogen (secondary N) is 2. The molecule has 10 heteroatoms. The van der Waals surface area contributed by atoms with E-state index < -0.39 is 21.8 Å². The minimum Gasteiger partial charge on any atom is -0.355 e. The van der Waals surface area contributed by atoms with E-state index in [0.717, 1.165) is 17.7 Å². The average Bonchev–Trinajstić information content (AvgIpc) is 2.78. The highest BCUT2D eigenvalue weighted by atomic mass is 32.2. The molecule has 0 radical (unpaired) electrons. The predicted octanol–water partition coefficient (Wildman–Crippen LogP) is 1.44. The van der Waals surface area contributed by atoms with Crippen molar-refractivity contribution in [3.05, 3.63) is 60.2 Å².